The SMILES string of the molecule is O=C(Nc1ccc(Br)cn1)C1CCN(C(=O)CCc2ccc(Cl)cc2Cl)CC1. The van der Waals surface area contributed by atoms with Crippen LogP contribution in [0.2, 0.25) is 10.0 Å². The molecular formula is C20H20BrCl2N3O2. The summed E-state index contributed by atoms with van der Waals surface area (Å²) in [6.45, 7) is 1.16. The van der Waals surface area contributed by atoms with Crippen molar-refractivity contribution in [2.45, 2.75) is 25.7 Å². The van der Waals surface area contributed by atoms with Crippen LogP contribution in [-0.2, 0) is 16.0 Å². The van der Waals surface area contributed by atoms with E-state index in [1.165, 1.54) is 0 Å². The lowest BCUT2D eigenvalue weighted by Crippen LogP contribution is -2.41. The molecule has 1 saturated heterocycles. The van der Waals surface area contributed by atoms with Crippen LogP contribution < -0.4 is 5.32 Å². The van der Waals surface area contributed by atoms with Gasteiger partial charge in [0.25, 0.3) is 0 Å². The number of anilines is 1. The molecule has 0 spiro atoms. The molecule has 0 radical (unpaired) electrons. The Balaban J connectivity index is 1.45. The third-order valence-electron chi connectivity index (χ3n) is 4.82. The standard InChI is InChI=1S/C20H20BrCl2N3O2/c21-15-3-5-18(24-12-15)25-20(28)14-7-9-26(10-8-14)19(27)6-2-13-1-4-16(22)11-17(13)23/h1,3-5,11-12,14H,2,6-10H2,(H,24,25,28). The molecule has 0 unspecified atom stereocenters. The lowest BCUT2D eigenvalue weighted by atomic mass is 9.95. The summed E-state index contributed by atoms with van der Waals surface area (Å²) < 4.78 is 0.859. The van der Waals surface area contributed by atoms with Crippen molar-refractivity contribution in [2.75, 3.05) is 18.4 Å². The average Bonchev–Trinajstić information content (AvgIpc) is 2.69. The third-order valence-corrected chi connectivity index (χ3v) is 5.88. The number of likely N-dealkylation sites (tertiary alicyclic amines) is 1. The van der Waals surface area contributed by atoms with Gasteiger partial charge in [-0.3, -0.25) is 9.59 Å². The Kier molecular flexibility index (Phi) is 7.32. The fourth-order valence-electron chi connectivity index (χ4n) is 3.19. The first-order chi connectivity index (χ1) is 13.4. The predicted octanol–water partition coefficient (Wildman–Crippen LogP) is 4.96. The van der Waals surface area contributed by atoms with Crippen molar-refractivity contribution in [3.8, 4) is 0 Å². The number of amides is 2. The smallest absolute Gasteiger partial charge is 0.228 e. The molecule has 1 aliphatic rings. The van der Waals surface area contributed by atoms with E-state index in [-0.39, 0.29) is 17.7 Å². The van der Waals surface area contributed by atoms with E-state index in [2.05, 4.69) is 26.2 Å². The maximum absolute atomic E-state index is 12.5. The number of carbonyl (C=O) groups is 2. The summed E-state index contributed by atoms with van der Waals surface area (Å²) in [5.74, 6) is 0.459. The van der Waals surface area contributed by atoms with E-state index >= 15 is 0 Å². The predicted molar refractivity (Wildman–Crippen MR) is 115 cm³/mol. The highest BCUT2D eigenvalue weighted by Crippen LogP contribution is 2.24. The van der Waals surface area contributed by atoms with Crippen molar-refractivity contribution >= 4 is 56.8 Å². The van der Waals surface area contributed by atoms with Gasteiger partial charge in [-0.25, -0.2) is 4.98 Å². The van der Waals surface area contributed by atoms with Crippen LogP contribution in [0.5, 0.6) is 0 Å². The normalized spacial score (nSPS) is 14.8. The fraction of sp³-hybridized carbons (Fsp3) is 0.350. The van der Waals surface area contributed by atoms with Crippen molar-refractivity contribution in [2.24, 2.45) is 5.92 Å². The van der Waals surface area contributed by atoms with Gasteiger partial charge in [0.2, 0.25) is 11.8 Å². The van der Waals surface area contributed by atoms with Crippen molar-refractivity contribution in [1.82, 2.24) is 9.88 Å². The topological polar surface area (TPSA) is 62.3 Å². The molecule has 1 aromatic heterocycles. The monoisotopic (exact) mass is 483 g/mol. The van der Waals surface area contributed by atoms with Crippen LogP contribution in [0.4, 0.5) is 5.82 Å². The number of hydrogen-bond acceptors (Lipinski definition) is 3. The number of hydrogen-bond donors (Lipinski definition) is 1. The van der Waals surface area contributed by atoms with E-state index in [0.29, 0.717) is 54.6 Å². The van der Waals surface area contributed by atoms with Crippen LogP contribution >= 0.6 is 39.1 Å². The van der Waals surface area contributed by atoms with Crippen molar-refractivity contribution in [1.29, 1.82) is 0 Å². The van der Waals surface area contributed by atoms with Crippen LogP contribution in [0.3, 0.4) is 0 Å². The molecule has 1 aliphatic heterocycles. The molecule has 0 bridgehead atoms. The second-order valence-corrected chi connectivity index (χ2v) is 8.50. The summed E-state index contributed by atoms with van der Waals surface area (Å²) >= 11 is 15.4. The third kappa shape index (κ3) is 5.69. The Morgan fingerprint density at radius 3 is 2.57 bits per heavy atom. The lowest BCUT2D eigenvalue weighted by Gasteiger charge is -2.31. The Morgan fingerprint density at radius 1 is 1.18 bits per heavy atom. The molecule has 2 aromatic rings. The summed E-state index contributed by atoms with van der Waals surface area (Å²) in [4.78, 5) is 30.9. The minimum atomic E-state index is -0.111. The molecule has 2 heterocycles. The minimum Gasteiger partial charge on any atom is -0.343 e. The Labute approximate surface area is 182 Å². The van der Waals surface area contributed by atoms with E-state index in [1.807, 2.05) is 17.0 Å². The van der Waals surface area contributed by atoms with Gasteiger partial charge in [-0.1, -0.05) is 29.3 Å². The molecule has 28 heavy (non-hydrogen) atoms. The van der Waals surface area contributed by atoms with E-state index in [0.717, 1.165) is 10.0 Å². The zero-order valence-electron chi connectivity index (χ0n) is 15.1. The first kappa shape index (κ1) is 21.1. The number of nitrogens with one attached hydrogen (secondary N) is 1. The second-order valence-electron chi connectivity index (χ2n) is 6.74. The van der Waals surface area contributed by atoms with Gasteiger partial charge < -0.3 is 10.2 Å². The van der Waals surface area contributed by atoms with Crippen molar-refractivity contribution in [3.05, 3.63) is 56.6 Å². The molecule has 0 atom stereocenters. The molecule has 1 aromatic carbocycles. The van der Waals surface area contributed by atoms with Gasteiger partial charge in [0.15, 0.2) is 0 Å². The number of aryl methyl sites for hydroxylation is 1. The van der Waals surface area contributed by atoms with E-state index in [4.69, 9.17) is 23.2 Å². The zero-order chi connectivity index (χ0) is 20.1. The molecule has 0 aliphatic carbocycles. The van der Waals surface area contributed by atoms with Gasteiger partial charge in [0, 0.05) is 46.1 Å². The molecule has 0 saturated carbocycles. The van der Waals surface area contributed by atoms with E-state index < -0.39 is 0 Å². The zero-order valence-corrected chi connectivity index (χ0v) is 18.2. The van der Waals surface area contributed by atoms with Gasteiger partial charge in [0.1, 0.15) is 5.82 Å². The summed E-state index contributed by atoms with van der Waals surface area (Å²) in [6.07, 6.45) is 3.90. The summed E-state index contributed by atoms with van der Waals surface area (Å²) in [6, 6.07) is 8.90. The molecule has 148 valence electrons. The summed E-state index contributed by atoms with van der Waals surface area (Å²) in [5, 5.41) is 4.00. The van der Waals surface area contributed by atoms with Crippen LogP contribution in [0.15, 0.2) is 41.0 Å². The Bertz CT molecular complexity index is 853. The average molecular weight is 485 g/mol. The summed E-state index contributed by atoms with van der Waals surface area (Å²) in [5.41, 5.74) is 0.913. The van der Waals surface area contributed by atoms with Crippen LogP contribution in [0.1, 0.15) is 24.8 Å². The molecule has 8 heteroatoms. The molecule has 1 N–H and O–H groups in total. The number of benzene rings is 1. The Morgan fingerprint density at radius 2 is 1.93 bits per heavy atom. The number of piperidine rings is 1. The van der Waals surface area contributed by atoms with Gasteiger partial charge in [-0.15, -0.1) is 0 Å². The Hall–Kier alpha value is -1.63. The first-order valence-electron chi connectivity index (χ1n) is 9.06. The van der Waals surface area contributed by atoms with E-state index in [9.17, 15) is 9.59 Å². The number of nitrogens with zero attached hydrogens (tertiary/aromatic N) is 2. The lowest BCUT2D eigenvalue weighted by molar-refractivity contribution is -0.134. The van der Waals surface area contributed by atoms with Crippen LogP contribution in [-0.4, -0.2) is 34.8 Å². The molecule has 3 rings (SSSR count). The number of halogens is 3. The van der Waals surface area contributed by atoms with Gasteiger partial charge in [-0.05, 0) is 65.0 Å². The maximum atomic E-state index is 12.5. The molecule has 2 amide bonds. The summed E-state index contributed by atoms with van der Waals surface area (Å²) in [7, 11) is 0. The van der Waals surface area contributed by atoms with Crippen molar-refractivity contribution in [3.63, 3.8) is 0 Å². The highest BCUT2D eigenvalue weighted by molar-refractivity contribution is 9.10. The number of carbonyl (C=O) groups excluding carboxylic acids is 2. The largest absolute Gasteiger partial charge is 0.343 e. The second kappa shape index (κ2) is 9.72. The quantitative estimate of drug-likeness (QED) is 0.652. The molecular weight excluding hydrogens is 465 g/mol. The maximum Gasteiger partial charge on any atom is 0.228 e. The minimum absolute atomic E-state index is 0.0464. The number of pyridine rings is 1. The van der Waals surface area contributed by atoms with Crippen LogP contribution in [0, 0.1) is 5.92 Å². The highest BCUT2D eigenvalue weighted by Gasteiger charge is 2.27. The van der Waals surface area contributed by atoms with Crippen LogP contribution in [0.25, 0.3) is 0 Å². The van der Waals surface area contributed by atoms with Crippen molar-refractivity contribution < 1.29 is 9.59 Å². The van der Waals surface area contributed by atoms with Gasteiger partial charge in [0.05, 0.1) is 0 Å². The van der Waals surface area contributed by atoms with E-state index in [1.54, 1.807) is 24.4 Å². The van der Waals surface area contributed by atoms with Gasteiger partial charge >= 0.3 is 0 Å². The first-order valence-corrected chi connectivity index (χ1v) is 10.6. The highest BCUT2D eigenvalue weighted by atomic mass is 79.9. The fourth-order valence-corrected chi connectivity index (χ4v) is 3.93. The molecule has 5 nitrogen and oxygen atoms in total. The molecule has 1 fully saturated rings. The number of rotatable bonds is 5. The van der Waals surface area contributed by atoms with Gasteiger partial charge in [-0.2, -0.15) is 0 Å². The number of aromatic nitrogens is 1.